The van der Waals surface area contributed by atoms with Crippen LogP contribution in [-0.2, 0) is 0 Å². The molecule has 0 fully saturated rings. The van der Waals surface area contributed by atoms with Gasteiger partial charge in [0.2, 0.25) is 0 Å². The number of para-hydroxylation sites is 2. The molecule has 1 atom stereocenters. The lowest BCUT2D eigenvalue weighted by atomic mass is 10.1. The Morgan fingerprint density at radius 1 is 1.37 bits per heavy atom. The van der Waals surface area contributed by atoms with Crippen LogP contribution in [0.4, 0.5) is 5.69 Å². The van der Waals surface area contributed by atoms with Gasteiger partial charge in [0.05, 0.1) is 23.1 Å². The second kappa shape index (κ2) is 4.43. The van der Waals surface area contributed by atoms with E-state index < -0.39 is 0 Å². The summed E-state index contributed by atoms with van der Waals surface area (Å²) in [5.74, 6) is 5.36. The monoisotopic (exact) mass is 254 g/mol. The molecule has 0 aliphatic carbocycles. The van der Waals surface area contributed by atoms with Gasteiger partial charge in [0.15, 0.2) is 0 Å². The predicted molar refractivity (Wildman–Crippen MR) is 71.8 cm³/mol. The summed E-state index contributed by atoms with van der Waals surface area (Å²) in [7, 11) is 0. The number of hydrogen-bond acceptors (Lipinski definition) is 4. The quantitative estimate of drug-likeness (QED) is 0.725. The van der Waals surface area contributed by atoms with Crippen LogP contribution in [0.3, 0.4) is 0 Å². The number of aliphatic hydroxyl groups excluding tert-OH is 1. The van der Waals surface area contributed by atoms with Crippen LogP contribution in [0.15, 0.2) is 30.6 Å². The third-order valence-corrected chi connectivity index (χ3v) is 3.22. The van der Waals surface area contributed by atoms with Crippen LogP contribution < -0.4 is 5.06 Å². The maximum atomic E-state index is 12.3. The van der Waals surface area contributed by atoms with Crippen molar-refractivity contribution in [2.45, 2.75) is 13.0 Å². The predicted octanol–water partition coefficient (Wildman–Crippen LogP) is 1.59. The van der Waals surface area contributed by atoms with Gasteiger partial charge in [-0.3, -0.25) is 4.57 Å². The van der Waals surface area contributed by atoms with E-state index in [1.807, 2.05) is 29.7 Å². The molecule has 19 heavy (non-hydrogen) atoms. The maximum absolute atomic E-state index is 12.3. The third-order valence-electron chi connectivity index (χ3n) is 3.22. The first-order valence-corrected chi connectivity index (χ1v) is 5.96. The molecular weight excluding hydrogens is 242 g/mol. The number of aliphatic hydroxyl groups is 1. The first-order chi connectivity index (χ1) is 9.24. The number of nitrogens with zero attached hydrogens (tertiary/aromatic N) is 3. The largest absolute Gasteiger partial charge is 0.758 e. The Morgan fingerprint density at radius 2 is 2.11 bits per heavy atom. The Hall–Kier alpha value is -2.29. The zero-order valence-corrected chi connectivity index (χ0v) is 10.4. The second-order valence-corrected chi connectivity index (χ2v) is 4.30. The summed E-state index contributed by atoms with van der Waals surface area (Å²) in [5.41, 5.74) is 2.73. The van der Waals surface area contributed by atoms with E-state index in [-0.39, 0.29) is 12.6 Å². The number of aromatic nitrogens is 2. The molecule has 3 rings (SSSR count). The molecule has 1 aromatic carbocycles. The average Bonchev–Trinajstić information content (AvgIpc) is 2.86. The van der Waals surface area contributed by atoms with E-state index in [9.17, 15) is 5.21 Å². The molecule has 5 nitrogen and oxygen atoms in total. The first-order valence-electron chi connectivity index (χ1n) is 5.96. The highest BCUT2D eigenvalue weighted by Crippen LogP contribution is 2.38. The molecule has 0 saturated carbocycles. The molecule has 1 aliphatic rings. The highest BCUT2D eigenvalue weighted by Gasteiger charge is 2.25. The fourth-order valence-corrected chi connectivity index (χ4v) is 2.34. The molecule has 2 aromatic rings. The minimum atomic E-state index is -0.361. The molecule has 0 radical (unpaired) electrons. The molecule has 1 N–H and O–H groups in total. The van der Waals surface area contributed by atoms with Crippen LogP contribution in [0.5, 0.6) is 0 Å². The molecule has 0 spiro atoms. The van der Waals surface area contributed by atoms with Crippen molar-refractivity contribution in [1.82, 2.24) is 9.55 Å². The minimum absolute atomic E-state index is 0.224. The second-order valence-electron chi connectivity index (χ2n) is 4.30. The summed E-state index contributed by atoms with van der Waals surface area (Å²) < 4.78 is 1.88. The van der Waals surface area contributed by atoms with Gasteiger partial charge < -0.3 is 15.4 Å². The van der Waals surface area contributed by atoms with Crippen LogP contribution >= 0.6 is 0 Å². The SMILES string of the molecule is CC1c2c(C#CCO)ncn2-c2ccccc2N1[O-]. The van der Waals surface area contributed by atoms with Crippen LogP contribution in [0.2, 0.25) is 0 Å². The van der Waals surface area contributed by atoms with Crippen LogP contribution in [-0.4, -0.2) is 21.3 Å². The fraction of sp³-hybridized carbons (Fsp3) is 0.214. The lowest BCUT2D eigenvalue weighted by molar-refractivity contribution is 0.350. The van der Waals surface area contributed by atoms with E-state index in [0.717, 1.165) is 16.4 Å². The van der Waals surface area contributed by atoms with Gasteiger partial charge >= 0.3 is 0 Å². The Morgan fingerprint density at radius 3 is 2.84 bits per heavy atom. The zero-order chi connectivity index (χ0) is 13.4. The topological polar surface area (TPSA) is 64.4 Å². The lowest BCUT2D eigenvalue weighted by Crippen LogP contribution is -2.28. The molecule has 2 heterocycles. The summed E-state index contributed by atoms with van der Waals surface area (Å²) in [5, 5.41) is 22.0. The fourth-order valence-electron chi connectivity index (χ4n) is 2.34. The van der Waals surface area contributed by atoms with E-state index in [1.165, 1.54) is 0 Å². The molecule has 0 bridgehead atoms. The minimum Gasteiger partial charge on any atom is -0.758 e. The summed E-state index contributed by atoms with van der Waals surface area (Å²) in [6.07, 6.45) is 1.67. The number of benzene rings is 1. The number of imidazole rings is 1. The van der Waals surface area contributed by atoms with Gasteiger partial charge in [-0.15, -0.1) is 0 Å². The van der Waals surface area contributed by atoms with Gasteiger partial charge in [0, 0.05) is 0 Å². The Labute approximate surface area is 110 Å². The van der Waals surface area contributed by atoms with Crippen molar-refractivity contribution >= 4 is 5.69 Å². The smallest absolute Gasteiger partial charge is 0.136 e. The van der Waals surface area contributed by atoms with E-state index in [1.54, 1.807) is 12.4 Å². The standard InChI is InChI=1S/C14H12N3O2/c1-10-14-11(5-4-8-18)15-9-16(14)12-6-2-3-7-13(12)17(10)19/h2-3,6-7,9-10,18H,8H2,1H3/q-1. The van der Waals surface area contributed by atoms with Crippen molar-refractivity contribution in [2.75, 3.05) is 11.7 Å². The number of hydroxylamine groups is 1. The van der Waals surface area contributed by atoms with Crippen molar-refractivity contribution in [1.29, 1.82) is 0 Å². The molecule has 1 aromatic heterocycles. The van der Waals surface area contributed by atoms with Crippen molar-refractivity contribution in [2.24, 2.45) is 0 Å². The Kier molecular flexibility index (Phi) is 2.75. The van der Waals surface area contributed by atoms with Gasteiger partial charge in [-0.2, -0.15) is 0 Å². The first kappa shape index (κ1) is 11.8. The van der Waals surface area contributed by atoms with E-state index in [0.29, 0.717) is 11.4 Å². The van der Waals surface area contributed by atoms with E-state index in [2.05, 4.69) is 16.8 Å². The normalized spacial score (nSPS) is 16.4. The van der Waals surface area contributed by atoms with Crippen molar-refractivity contribution in [3.63, 3.8) is 0 Å². The van der Waals surface area contributed by atoms with E-state index in [4.69, 9.17) is 5.11 Å². The Bertz CT molecular complexity index is 681. The number of anilines is 1. The molecular formula is C14H12N3O2-. The zero-order valence-electron chi connectivity index (χ0n) is 10.4. The van der Waals surface area contributed by atoms with Crippen molar-refractivity contribution < 1.29 is 5.11 Å². The van der Waals surface area contributed by atoms with Gasteiger partial charge in [-0.25, -0.2) is 4.98 Å². The maximum Gasteiger partial charge on any atom is 0.136 e. The summed E-state index contributed by atoms with van der Waals surface area (Å²) in [6, 6.07) is 7.03. The summed E-state index contributed by atoms with van der Waals surface area (Å²) in [6.45, 7) is 1.60. The molecule has 1 aliphatic heterocycles. The van der Waals surface area contributed by atoms with Gasteiger partial charge in [0.1, 0.15) is 18.6 Å². The summed E-state index contributed by atoms with van der Waals surface area (Å²) in [4.78, 5) is 4.23. The van der Waals surface area contributed by atoms with Gasteiger partial charge in [0.25, 0.3) is 0 Å². The molecule has 1 unspecified atom stereocenters. The van der Waals surface area contributed by atoms with Crippen molar-refractivity contribution in [3.05, 3.63) is 47.2 Å². The molecule has 0 saturated heterocycles. The van der Waals surface area contributed by atoms with Crippen LogP contribution in [0.25, 0.3) is 5.69 Å². The average molecular weight is 254 g/mol. The summed E-state index contributed by atoms with van der Waals surface area (Å²) >= 11 is 0. The van der Waals surface area contributed by atoms with Gasteiger partial charge in [-0.1, -0.05) is 18.1 Å². The number of hydrogen-bond donors (Lipinski definition) is 1. The Balaban J connectivity index is 2.23. The van der Waals surface area contributed by atoms with Crippen LogP contribution in [0, 0.1) is 17.0 Å². The van der Waals surface area contributed by atoms with Gasteiger partial charge in [-0.05, 0) is 25.0 Å². The third kappa shape index (κ3) is 1.70. The highest BCUT2D eigenvalue weighted by atomic mass is 16.5. The van der Waals surface area contributed by atoms with E-state index >= 15 is 0 Å². The molecule has 0 amide bonds. The van der Waals surface area contributed by atoms with Crippen molar-refractivity contribution in [3.8, 4) is 17.5 Å². The number of rotatable bonds is 0. The molecule has 96 valence electrons. The molecule has 5 heteroatoms. The number of fused-ring (bicyclic) bond motifs is 3. The highest BCUT2D eigenvalue weighted by molar-refractivity contribution is 5.68. The lowest BCUT2D eigenvalue weighted by Gasteiger charge is -2.42. The van der Waals surface area contributed by atoms with Crippen LogP contribution in [0.1, 0.15) is 24.4 Å².